The lowest BCUT2D eigenvalue weighted by molar-refractivity contribution is -0.140. The number of likely N-dealkylation sites (N-methyl/N-ethyl adjacent to an activating group) is 1. The number of benzene rings is 1. The summed E-state index contributed by atoms with van der Waals surface area (Å²) >= 11 is 0. The molecule has 1 aromatic rings. The predicted octanol–water partition coefficient (Wildman–Crippen LogP) is 1.47. The van der Waals surface area contributed by atoms with Crippen LogP contribution in [0.2, 0.25) is 0 Å². The Balaban J connectivity index is 1.77. The molecule has 138 valence electrons. The minimum atomic E-state index is -0.812. The van der Waals surface area contributed by atoms with Crippen molar-refractivity contribution in [2.75, 3.05) is 39.9 Å². The summed E-state index contributed by atoms with van der Waals surface area (Å²) in [6.07, 6.45) is 1.57. The Bertz CT molecular complexity index is 567. The minimum Gasteiger partial charge on any atom is -0.497 e. The van der Waals surface area contributed by atoms with Crippen molar-refractivity contribution in [2.24, 2.45) is 0 Å². The van der Waals surface area contributed by atoms with Crippen molar-refractivity contribution in [1.29, 1.82) is 0 Å². The molecule has 1 fully saturated rings. The average molecular weight is 350 g/mol. The smallest absolute Gasteiger partial charge is 0.317 e. The molecule has 7 heteroatoms. The summed E-state index contributed by atoms with van der Waals surface area (Å²) in [5.41, 5.74) is 0. The van der Waals surface area contributed by atoms with Crippen LogP contribution in [0.3, 0.4) is 0 Å². The highest BCUT2D eigenvalue weighted by Gasteiger charge is 2.27. The van der Waals surface area contributed by atoms with E-state index in [1.165, 1.54) is 0 Å². The molecular formula is C18H26N2O5. The van der Waals surface area contributed by atoms with E-state index in [0.29, 0.717) is 25.4 Å². The molecule has 0 aliphatic carbocycles. The minimum absolute atomic E-state index is 0.00358. The van der Waals surface area contributed by atoms with Crippen molar-refractivity contribution < 1.29 is 24.2 Å². The Morgan fingerprint density at radius 3 is 2.32 bits per heavy atom. The van der Waals surface area contributed by atoms with Crippen LogP contribution in [0, 0.1) is 0 Å². The predicted molar refractivity (Wildman–Crippen MR) is 93.0 cm³/mol. The van der Waals surface area contributed by atoms with Gasteiger partial charge in [0, 0.05) is 19.1 Å². The quantitative estimate of drug-likeness (QED) is 0.765. The molecule has 25 heavy (non-hydrogen) atoms. The number of carbonyl (C=O) groups excluding carboxylic acids is 1. The lowest BCUT2D eigenvalue weighted by Crippen LogP contribution is -2.49. The fraction of sp³-hybridized carbons (Fsp3) is 0.556. The van der Waals surface area contributed by atoms with Gasteiger partial charge in [0.1, 0.15) is 11.5 Å². The molecule has 0 atom stereocenters. The SMILES string of the molecule is CCN(CC(=O)O)C1CCN(C(=O)COc2ccc(OC)cc2)CC1. The monoisotopic (exact) mass is 350 g/mol. The molecule has 1 amide bonds. The highest BCUT2D eigenvalue weighted by Crippen LogP contribution is 2.19. The molecule has 1 aromatic carbocycles. The molecule has 0 bridgehead atoms. The normalized spacial score (nSPS) is 15.2. The molecule has 1 aliphatic rings. The zero-order chi connectivity index (χ0) is 18.2. The van der Waals surface area contributed by atoms with Gasteiger partial charge in [0.2, 0.25) is 0 Å². The molecular weight excluding hydrogens is 324 g/mol. The van der Waals surface area contributed by atoms with Crippen molar-refractivity contribution in [1.82, 2.24) is 9.80 Å². The van der Waals surface area contributed by atoms with Crippen molar-refractivity contribution in [3.8, 4) is 11.5 Å². The van der Waals surface area contributed by atoms with Crippen molar-refractivity contribution in [2.45, 2.75) is 25.8 Å². The van der Waals surface area contributed by atoms with E-state index >= 15 is 0 Å². The second-order valence-electron chi connectivity index (χ2n) is 6.03. The largest absolute Gasteiger partial charge is 0.497 e. The number of likely N-dealkylation sites (tertiary alicyclic amines) is 1. The molecule has 0 spiro atoms. The first-order chi connectivity index (χ1) is 12.0. The molecule has 1 aliphatic heterocycles. The Hall–Kier alpha value is -2.28. The molecule has 0 saturated carbocycles. The number of nitrogens with zero attached hydrogens (tertiary/aromatic N) is 2. The van der Waals surface area contributed by atoms with E-state index in [9.17, 15) is 9.59 Å². The molecule has 1 heterocycles. The van der Waals surface area contributed by atoms with Crippen molar-refractivity contribution >= 4 is 11.9 Å². The zero-order valence-electron chi connectivity index (χ0n) is 14.8. The molecule has 0 aromatic heterocycles. The average Bonchev–Trinajstić information content (AvgIpc) is 2.64. The number of carboxylic acids is 1. The van der Waals surface area contributed by atoms with Crippen LogP contribution >= 0.6 is 0 Å². The fourth-order valence-corrected chi connectivity index (χ4v) is 3.06. The Labute approximate surface area is 148 Å². The van der Waals surface area contributed by atoms with E-state index in [1.54, 1.807) is 36.3 Å². The third-order valence-corrected chi connectivity index (χ3v) is 4.50. The molecule has 0 radical (unpaired) electrons. The molecule has 1 N–H and O–H groups in total. The molecule has 1 saturated heterocycles. The summed E-state index contributed by atoms with van der Waals surface area (Å²) in [5, 5.41) is 8.97. The number of hydrogen-bond donors (Lipinski definition) is 1. The van der Waals surface area contributed by atoms with E-state index in [0.717, 1.165) is 18.6 Å². The second-order valence-corrected chi connectivity index (χ2v) is 6.03. The number of rotatable bonds is 8. The Morgan fingerprint density at radius 2 is 1.80 bits per heavy atom. The van der Waals surface area contributed by atoms with Crippen molar-refractivity contribution in [3.05, 3.63) is 24.3 Å². The highest BCUT2D eigenvalue weighted by molar-refractivity contribution is 5.77. The van der Waals surface area contributed by atoms with Crippen LogP contribution in [0.25, 0.3) is 0 Å². The van der Waals surface area contributed by atoms with Gasteiger partial charge in [0.15, 0.2) is 6.61 Å². The highest BCUT2D eigenvalue weighted by atomic mass is 16.5. The topological polar surface area (TPSA) is 79.3 Å². The van der Waals surface area contributed by atoms with Gasteiger partial charge < -0.3 is 19.5 Å². The zero-order valence-corrected chi connectivity index (χ0v) is 14.8. The van der Waals surface area contributed by atoms with E-state index in [2.05, 4.69) is 0 Å². The third kappa shape index (κ3) is 5.63. The summed E-state index contributed by atoms with van der Waals surface area (Å²) in [7, 11) is 1.60. The fourth-order valence-electron chi connectivity index (χ4n) is 3.06. The van der Waals surface area contributed by atoms with Crippen LogP contribution in [-0.4, -0.2) is 72.7 Å². The molecule has 0 unspecified atom stereocenters. The van der Waals surface area contributed by atoms with Gasteiger partial charge in [0.25, 0.3) is 5.91 Å². The van der Waals surface area contributed by atoms with Gasteiger partial charge in [-0.2, -0.15) is 0 Å². The van der Waals surface area contributed by atoms with Crippen LogP contribution in [0.4, 0.5) is 0 Å². The molecule has 7 nitrogen and oxygen atoms in total. The number of hydrogen-bond acceptors (Lipinski definition) is 5. The Morgan fingerprint density at radius 1 is 1.20 bits per heavy atom. The lowest BCUT2D eigenvalue weighted by Gasteiger charge is -2.37. The number of ether oxygens (including phenoxy) is 2. The van der Waals surface area contributed by atoms with Gasteiger partial charge >= 0.3 is 5.97 Å². The summed E-state index contributed by atoms with van der Waals surface area (Å²) in [6.45, 7) is 3.98. The summed E-state index contributed by atoms with van der Waals surface area (Å²) in [6, 6.07) is 7.32. The second kappa shape index (κ2) is 9.27. The van der Waals surface area contributed by atoms with E-state index in [-0.39, 0.29) is 25.1 Å². The maximum Gasteiger partial charge on any atom is 0.317 e. The van der Waals surface area contributed by atoms with Crippen LogP contribution in [0.1, 0.15) is 19.8 Å². The van der Waals surface area contributed by atoms with Gasteiger partial charge in [-0.3, -0.25) is 14.5 Å². The molecule has 2 rings (SSSR count). The first kappa shape index (κ1) is 19.1. The van der Waals surface area contributed by atoms with Crippen LogP contribution in [0.5, 0.6) is 11.5 Å². The summed E-state index contributed by atoms with van der Waals surface area (Å²) in [5.74, 6) is 0.508. The number of carbonyl (C=O) groups is 2. The van der Waals surface area contributed by atoms with Crippen LogP contribution < -0.4 is 9.47 Å². The van der Waals surface area contributed by atoms with Crippen molar-refractivity contribution in [3.63, 3.8) is 0 Å². The summed E-state index contributed by atoms with van der Waals surface area (Å²) in [4.78, 5) is 26.9. The maximum atomic E-state index is 12.3. The van der Waals surface area contributed by atoms with E-state index in [1.807, 2.05) is 11.8 Å². The van der Waals surface area contributed by atoms with Gasteiger partial charge in [0.05, 0.1) is 13.7 Å². The summed E-state index contributed by atoms with van der Waals surface area (Å²) < 4.78 is 10.6. The van der Waals surface area contributed by atoms with E-state index < -0.39 is 5.97 Å². The van der Waals surface area contributed by atoms with Gasteiger partial charge in [-0.15, -0.1) is 0 Å². The maximum absolute atomic E-state index is 12.3. The van der Waals surface area contributed by atoms with Crippen LogP contribution in [-0.2, 0) is 9.59 Å². The van der Waals surface area contributed by atoms with Gasteiger partial charge in [-0.05, 0) is 43.7 Å². The number of methoxy groups -OCH3 is 1. The van der Waals surface area contributed by atoms with Gasteiger partial charge in [-0.25, -0.2) is 0 Å². The van der Waals surface area contributed by atoms with Crippen LogP contribution in [0.15, 0.2) is 24.3 Å². The first-order valence-corrected chi connectivity index (χ1v) is 8.54. The number of carboxylic acid groups (broad SMARTS) is 1. The number of aliphatic carboxylic acids is 1. The van der Waals surface area contributed by atoms with E-state index in [4.69, 9.17) is 14.6 Å². The lowest BCUT2D eigenvalue weighted by atomic mass is 10.0. The third-order valence-electron chi connectivity index (χ3n) is 4.50. The number of amides is 1. The number of piperidine rings is 1. The first-order valence-electron chi connectivity index (χ1n) is 8.54. The van der Waals surface area contributed by atoms with Gasteiger partial charge in [-0.1, -0.05) is 6.92 Å². The standard InChI is InChI=1S/C18H26N2O5/c1-3-19(12-18(22)23)14-8-10-20(11-9-14)17(21)13-25-16-6-4-15(24-2)5-7-16/h4-7,14H,3,8-13H2,1-2H3,(H,22,23). The Kier molecular flexibility index (Phi) is 7.06.